The van der Waals surface area contributed by atoms with Crippen LogP contribution in [0.25, 0.3) is 0 Å². The Kier molecular flexibility index (Phi) is 6.03. The van der Waals surface area contributed by atoms with Crippen LogP contribution in [0.2, 0.25) is 0 Å². The summed E-state index contributed by atoms with van der Waals surface area (Å²) in [5.41, 5.74) is 1.32. The van der Waals surface area contributed by atoms with Crippen LogP contribution in [0.5, 0.6) is 5.75 Å². The van der Waals surface area contributed by atoms with E-state index in [0.29, 0.717) is 28.7 Å². The zero-order valence-corrected chi connectivity index (χ0v) is 16.7. The molecule has 1 atom stereocenters. The van der Waals surface area contributed by atoms with Gasteiger partial charge in [0.15, 0.2) is 17.5 Å². The van der Waals surface area contributed by atoms with E-state index in [1.807, 2.05) is 6.92 Å². The molecule has 0 saturated carbocycles. The number of ether oxygens (including phenoxy) is 2. The topological polar surface area (TPSA) is 102 Å². The standard InChI is InChI=1S/C19H21N3O5S/c1-4-22-14-8-12(6-7-15(14)27-10-16(22)23)17(24)11(3)28-19-20-9-13(21-19)18(25)26-5-2/h6-9,11H,4-5,10H2,1-3H3,(H,20,21). The number of nitrogens with one attached hydrogen (secondary N) is 1. The maximum absolute atomic E-state index is 12.9. The number of benzene rings is 1. The lowest BCUT2D eigenvalue weighted by molar-refractivity contribution is -0.121. The fraction of sp³-hybridized carbons (Fsp3) is 0.368. The van der Waals surface area contributed by atoms with Crippen LogP contribution in [0.3, 0.4) is 0 Å². The minimum absolute atomic E-state index is 0.00167. The van der Waals surface area contributed by atoms with Crippen molar-refractivity contribution < 1.29 is 23.9 Å². The average molecular weight is 403 g/mol. The number of esters is 1. The van der Waals surface area contributed by atoms with E-state index >= 15 is 0 Å². The van der Waals surface area contributed by atoms with Crippen molar-refractivity contribution >= 4 is 35.1 Å². The summed E-state index contributed by atoms with van der Waals surface area (Å²) in [7, 11) is 0. The van der Waals surface area contributed by atoms with Gasteiger partial charge in [0.1, 0.15) is 11.4 Å². The normalized spacial score (nSPS) is 14.2. The van der Waals surface area contributed by atoms with Gasteiger partial charge in [-0.15, -0.1) is 0 Å². The molecule has 0 saturated heterocycles. The molecule has 1 aromatic heterocycles. The number of carbonyl (C=O) groups is 3. The number of thioether (sulfide) groups is 1. The largest absolute Gasteiger partial charge is 0.482 e. The highest BCUT2D eigenvalue weighted by Gasteiger charge is 2.26. The number of Topliss-reactive ketones (excluding diaryl/α,β-unsaturated/α-hetero) is 1. The summed E-state index contributed by atoms with van der Waals surface area (Å²) in [6, 6.07) is 5.08. The van der Waals surface area contributed by atoms with Crippen LogP contribution in [0.4, 0.5) is 5.69 Å². The first-order chi connectivity index (χ1) is 13.4. The van der Waals surface area contributed by atoms with Crippen LogP contribution < -0.4 is 9.64 Å². The van der Waals surface area contributed by atoms with Crippen LogP contribution in [-0.2, 0) is 9.53 Å². The number of ketones is 1. The van der Waals surface area contributed by atoms with Crippen LogP contribution in [0.15, 0.2) is 29.6 Å². The molecule has 0 bridgehead atoms. The summed E-state index contributed by atoms with van der Waals surface area (Å²) in [6.45, 7) is 6.13. The fourth-order valence-corrected chi connectivity index (χ4v) is 3.69. The van der Waals surface area contributed by atoms with Crippen LogP contribution >= 0.6 is 11.8 Å². The first kappa shape index (κ1) is 19.9. The molecule has 0 fully saturated rings. The van der Waals surface area contributed by atoms with E-state index in [2.05, 4.69) is 9.97 Å². The second-order valence-electron chi connectivity index (χ2n) is 6.06. The first-order valence-corrected chi connectivity index (χ1v) is 9.82. The maximum atomic E-state index is 12.9. The third-order valence-electron chi connectivity index (χ3n) is 4.21. The van der Waals surface area contributed by atoms with Gasteiger partial charge in [0, 0.05) is 12.1 Å². The van der Waals surface area contributed by atoms with E-state index in [4.69, 9.17) is 9.47 Å². The Morgan fingerprint density at radius 1 is 1.39 bits per heavy atom. The van der Waals surface area contributed by atoms with Crippen LogP contribution in [-0.4, -0.2) is 52.6 Å². The Bertz CT molecular complexity index is 911. The van der Waals surface area contributed by atoms with Crippen molar-refractivity contribution in [2.24, 2.45) is 0 Å². The van der Waals surface area contributed by atoms with Crippen molar-refractivity contribution in [2.45, 2.75) is 31.2 Å². The fourth-order valence-electron chi connectivity index (χ4n) is 2.83. The summed E-state index contributed by atoms with van der Waals surface area (Å²) >= 11 is 1.21. The summed E-state index contributed by atoms with van der Waals surface area (Å²) in [5.74, 6) is -0.150. The van der Waals surface area contributed by atoms with E-state index in [-0.39, 0.29) is 30.6 Å². The Hall–Kier alpha value is -2.81. The number of amides is 1. The minimum Gasteiger partial charge on any atom is -0.482 e. The van der Waals surface area contributed by atoms with Crippen molar-refractivity contribution in [3.8, 4) is 5.75 Å². The second-order valence-corrected chi connectivity index (χ2v) is 7.39. The van der Waals surface area contributed by atoms with E-state index in [1.165, 1.54) is 18.0 Å². The smallest absolute Gasteiger partial charge is 0.356 e. The predicted octanol–water partition coefficient (Wildman–Crippen LogP) is 2.70. The summed E-state index contributed by atoms with van der Waals surface area (Å²) in [5, 5.41) is 0.00471. The molecular formula is C19H21N3O5S. The Balaban J connectivity index is 1.74. The predicted molar refractivity (Wildman–Crippen MR) is 104 cm³/mol. The van der Waals surface area contributed by atoms with Gasteiger partial charge in [0.2, 0.25) is 0 Å². The van der Waals surface area contributed by atoms with E-state index in [0.717, 1.165) is 0 Å². The Morgan fingerprint density at radius 3 is 2.89 bits per heavy atom. The number of aromatic nitrogens is 2. The molecule has 1 unspecified atom stereocenters. The van der Waals surface area contributed by atoms with Crippen molar-refractivity contribution in [1.29, 1.82) is 0 Å². The molecule has 0 spiro atoms. The Labute approximate surface area is 166 Å². The molecule has 2 heterocycles. The number of H-pyrrole nitrogens is 1. The molecule has 1 N–H and O–H groups in total. The molecule has 148 valence electrons. The van der Waals surface area contributed by atoms with E-state index in [1.54, 1.807) is 36.9 Å². The summed E-state index contributed by atoms with van der Waals surface area (Å²) < 4.78 is 10.4. The van der Waals surface area contributed by atoms with Crippen molar-refractivity contribution in [1.82, 2.24) is 9.97 Å². The van der Waals surface area contributed by atoms with Crippen molar-refractivity contribution in [3.63, 3.8) is 0 Å². The highest BCUT2D eigenvalue weighted by Crippen LogP contribution is 2.34. The molecule has 2 aromatic rings. The number of hydrogen-bond acceptors (Lipinski definition) is 7. The maximum Gasteiger partial charge on any atom is 0.356 e. The highest BCUT2D eigenvalue weighted by molar-refractivity contribution is 8.00. The van der Waals surface area contributed by atoms with Gasteiger partial charge in [0.05, 0.1) is 23.7 Å². The summed E-state index contributed by atoms with van der Waals surface area (Å²) in [4.78, 5) is 45.2. The quantitative estimate of drug-likeness (QED) is 0.431. The van der Waals surface area contributed by atoms with Crippen molar-refractivity contribution in [3.05, 3.63) is 35.7 Å². The number of fused-ring (bicyclic) bond motifs is 1. The van der Waals surface area contributed by atoms with Gasteiger partial charge in [-0.1, -0.05) is 11.8 Å². The number of hydrogen-bond donors (Lipinski definition) is 1. The third-order valence-corrected chi connectivity index (χ3v) is 5.21. The SMILES string of the molecule is CCOC(=O)c1cnc(SC(C)C(=O)c2ccc3c(c2)N(CC)C(=O)CO3)[nH]1. The molecule has 1 aliphatic rings. The number of aromatic amines is 1. The number of carbonyl (C=O) groups excluding carboxylic acids is 3. The molecule has 8 nitrogen and oxygen atoms in total. The van der Waals surface area contributed by atoms with Gasteiger partial charge in [-0.25, -0.2) is 9.78 Å². The van der Waals surface area contributed by atoms with Crippen molar-refractivity contribution in [2.75, 3.05) is 24.7 Å². The highest BCUT2D eigenvalue weighted by atomic mass is 32.2. The third kappa shape index (κ3) is 4.04. The number of anilines is 1. The molecule has 0 radical (unpaired) electrons. The molecule has 9 heteroatoms. The molecule has 1 aromatic carbocycles. The van der Waals surface area contributed by atoms with Crippen LogP contribution in [0.1, 0.15) is 41.6 Å². The Morgan fingerprint density at radius 2 is 2.18 bits per heavy atom. The van der Waals surface area contributed by atoms with Gasteiger partial charge in [0.25, 0.3) is 5.91 Å². The average Bonchev–Trinajstić information content (AvgIpc) is 3.15. The lowest BCUT2D eigenvalue weighted by Crippen LogP contribution is -2.38. The van der Waals surface area contributed by atoms with Gasteiger partial charge in [-0.05, 0) is 39.0 Å². The monoisotopic (exact) mass is 403 g/mol. The minimum atomic E-state index is -0.486. The lowest BCUT2D eigenvalue weighted by atomic mass is 10.1. The van der Waals surface area contributed by atoms with Gasteiger partial charge in [-0.2, -0.15) is 0 Å². The van der Waals surface area contributed by atoms with Gasteiger partial charge in [-0.3, -0.25) is 9.59 Å². The molecular weight excluding hydrogens is 382 g/mol. The molecule has 1 aliphatic heterocycles. The number of likely N-dealkylation sites (N-methyl/N-ethyl adjacent to an activating group) is 1. The van der Waals surface area contributed by atoms with Crippen LogP contribution in [0, 0.1) is 0 Å². The van der Waals surface area contributed by atoms with E-state index in [9.17, 15) is 14.4 Å². The number of imidazole rings is 1. The molecule has 1 amide bonds. The molecule has 0 aliphatic carbocycles. The van der Waals surface area contributed by atoms with Gasteiger partial charge >= 0.3 is 5.97 Å². The number of nitrogens with zero attached hydrogens (tertiary/aromatic N) is 2. The zero-order chi connectivity index (χ0) is 20.3. The molecule has 28 heavy (non-hydrogen) atoms. The zero-order valence-electron chi connectivity index (χ0n) is 15.9. The lowest BCUT2D eigenvalue weighted by Gasteiger charge is -2.28. The van der Waals surface area contributed by atoms with E-state index < -0.39 is 11.2 Å². The van der Waals surface area contributed by atoms with Gasteiger partial charge < -0.3 is 19.4 Å². The summed E-state index contributed by atoms with van der Waals surface area (Å²) in [6.07, 6.45) is 1.39. The second kappa shape index (κ2) is 8.47. The molecule has 3 rings (SSSR count). The first-order valence-electron chi connectivity index (χ1n) is 8.94. The number of rotatable bonds is 7.